The monoisotopic (exact) mass is 399 g/mol. The van der Waals surface area contributed by atoms with Gasteiger partial charge in [0, 0.05) is 28.6 Å². The van der Waals surface area contributed by atoms with Gasteiger partial charge < -0.3 is 4.90 Å². The van der Waals surface area contributed by atoms with E-state index < -0.39 is 12.1 Å². The molecule has 1 atom stereocenters. The van der Waals surface area contributed by atoms with Crippen LogP contribution in [-0.2, 0) is 5.33 Å². The zero-order valence-electron chi connectivity index (χ0n) is 10.2. The highest BCUT2D eigenvalue weighted by Gasteiger charge is 2.42. The van der Waals surface area contributed by atoms with E-state index in [2.05, 4.69) is 31.9 Å². The normalized spacial score (nSPS) is 20.7. The van der Waals surface area contributed by atoms with Crippen molar-refractivity contribution in [3.05, 3.63) is 28.2 Å². The van der Waals surface area contributed by atoms with Crippen molar-refractivity contribution < 1.29 is 13.2 Å². The summed E-state index contributed by atoms with van der Waals surface area (Å²) in [4.78, 5) is 1.85. The van der Waals surface area contributed by atoms with Gasteiger partial charge in [0.05, 0.1) is 5.92 Å². The van der Waals surface area contributed by atoms with Crippen LogP contribution in [0.25, 0.3) is 0 Å². The molecule has 0 amide bonds. The molecule has 0 spiro atoms. The smallest absolute Gasteiger partial charge is 0.371 e. The summed E-state index contributed by atoms with van der Waals surface area (Å²) in [5.41, 5.74) is 1.91. The van der Waals surface area contributed by atoms with Gasteiger partial charge in [-0.15, -0.1) is 0 Å². The minimum Gasteiger partial charge on any atom is -0.371 e. The number of nitrogens with zero attached hydrogens (tertiary/aromatic N) is 1. The van der Waals surface area contributed by atoms with Crippen LogP contribution < -0.4 is 4.90 Å². The largest absolute Gasteiger partial charge is 0.393 e. The van der Waals surface area contributed by atoms with Gasteiger partial charge in [-0.05, 0) is 36.6 Å². The summed E-state index contributed by atoms with van der Waals surface area (Å²) in [6, 6.07) is 5.71. The topological polar surface area (TPSA) is 3.24 Å². The molecule has 1 aromatic carbocycles. The van der Waals surface area contributed by atoms with Crippen molar-refractivity contribution in [3.8, 4) is 0 Å². The molecule has 0 aromatic heterocycles. The molecule has 1 aliphatic rings. The molecule has 0 aliphatic carbocycles. The van der Waals surface area contributed by atoms with E-state index >= 15 is 0 Å². The van der Waals surface area contributed by atoms with Crippen LogP contribution >= 0.6 is 31.9 Å². The lowest BCUT2D eigenvalue weighted by molar-refractivity contribution is -0.175. The first-order valence-corrected chi connectivity index (χ1v) is 7.99. The second-order valence-corrected chi connectivity index (χ2v) is 6.21. The van der Waals surface area contributed by atoms with Crippen molar-refractivity contribution in [1.82, 2.24) is 0 Å². The molecule has 6 heteroatoms. The number of halogens is 5. The molecule has 1 nitrogen and oxygen atoms in total. The first kappa shape index (κ1) is 15.2. The average molecular weight is 401 g/mol. The summed E-state index contributed by atoms with van der Waals surface area (Å²) in [5, 5.41) is 0.634. The summed E-state index contributed by atoms with van der Waals surface area (Å²) in [6.45, 7) is 0.749. The van der Waals surface area contributed by atoms with Crippen LogP contribution in [0, 0.1) is 5.92 Å². The number of anilines is 1. The van der Waals surface area contributed by atoms with Gasteiger partial charge in [-0.2, -0.15) is 13.2 Å². The van der Waals surface area contributed by atoms with Crippen LogP contribution in [0.4, 0.5) is 18.9 Å². The molecule has 0 N–H and O–H groups in total. The van der Waals surface area contributed by atoms with Crippen LogP contribution in [0.5, 0.6) is 0 Å². The van der Waals surface area contributed by atoms with E-state index in [0.717, 1.165) is 15.7 Å². The highest BCUT2D eigenvalue weighted by atomic mass is 79.9. The maximum Gasteiger partial charge on any atom is 0.393 e. The molecule has 0 saturated carbocycles. The Bertz CT molecular complexity index is 448. The summed E-state index contributed by atoms with van der Waals surface area (Å²) in [5.74, 6) is -1.21. The zero-order chi connectivity index (χ0) is 14.0. The fraction of sp³-hybridized carbons (Fsp3) is 0.538. The van der Waals surface area contributed by atoms with Crippen molar-refractivity contribution in [2.75, 3.05) is 18.0 Å². The molecule has 1 aliphatic heterocycles. The zero-order valence-corrected chi connectivity index (χ0v) is 13.4. The van der Waals surface area contributed by atoms with E-state index in [9.17, 15) is 13.2 Å². The van der Waals surface area contributed by atoms with Gasteiger partial charge in [0.2, 0.25) is 0 Å². The SMILES string of the molecule is FC(F)(F)C1CCCN(c2ccc(Br)cc2CBr)C1. The lowest BCUT2D eigenvalue weighted by Crippen LogP contribution is -2.42. The quantitative estimate of drug-likeness (QED) is 0.622. The van der Waals surface area contributed by atoms with Crippen LogP contribution in [0.1, 0.15) is 18.4 Å². The van der Waals surface area contributed by atoms with E-state index in [1.54, 1.807) is 0 Å². The Morgan fingerprint density at radius 2 is 2.05 bits per heavy atom. The van der Waals surface area contributed by atoms with Gasteiger partial charge >= 0.3 is 6.18 Å². The lowest BCUT2D eigenvalue weighted by Gasteiger charge is -2.36. The van der Waals surface area contributed by atoms with Crippen LogP contribution in [0.15, 0.2) is 22.7 Å². The van der Waals surface area contributed by atoms with Crippen molar-refractivity contribution in [2.24, 2.45) is 5.92 Å². The summed E-state index contributed by atoms with van der Waals surface area (Å²) in [6.07, 6.45) is -3.27. The van der Waals surface area contributed by atoms with E-state index in [0.29, 0.717) is 18.3 Å². The Morgan fingerprint density at radius 1 is 1.32 bits per heavy atom. The molecule has 0 bridgehead atoms. The Balaban J connectivity index is 2.22. The predicted octanol–water partition coefficient (Wildman–Crippen LogP) is 5.12. The molecule has 0 radical (unpaired) electrons. The maximum absolute atomic E-state index is 12.8. The molecule has 1 heterocycles. The van der Waals surface area contributed by atoms with Crippen molar-refractivity contribution in [3.63, 3.8) is 0 Å². The molecular weight excluding hydrogens is 387 g/mol. The third-order valence-electron chi connectivity index (χ3n) is 3.41. The van der Waals surface area contributed by atoms with Crippen molar-refractivity contribution in [1.29, 1.82) is 0 Å². The van der Waals surface area contributed by atoms with Crippen LogP contribution in [0.2, 0.25) is 0 Å². The Labute approximate surface area is 127 Å². The van der Waals surface area contributed by atoms with Gasteiger partial charge in [0.15, 0.2) is 0 Å². The van der Waals surface area contributed by atoms with Crippen LogP contribution in [-0.4, -0.2) is 19.3 Å². The maximum atomic E-state index is 12.8. The minimum absolute atomic E-state index is 0.0606. The van der Waals surface area contributed by atoms with Gasteiger partial charge in [0.25, 0.3) is 0 Å². The van der Waals surface area contributed by atoms with Crippen LogP contribution in [0.3, 0.4) is 0 Å². The minimum atomic E-state index is -4.09. The first-order valence-electron chi connectivity index (χ1n) is 6.08. The lowest BCUT2D eigenvalue weighted by atomic mass is 9.96. The molecule has 2 rings (SSSR count). The van der Waals surface area contributed by atoms with Gasteiger partial charge in [0.1, 0.15) is 0 Å². The van der Waals surface area contributed by atoms with Gasteiger partial charge in [-0.1, -0.05) is 31.9 Å². The molecule has 19 heavy (non-hydrogen) atoms. The van der Waals surface area contributed by atoms with E-state index in [1.165, 1.54) is 0 Å². The Hall–Kier alpha value is -0.230. The number of hydrogen-bond donors (Lipinski definition) is 0. The molecule has 1 aromatic rings. The number of benzene rings is 1. The second kappa shape index (κ2) is 6.04. The number of rotatable bonds is 2. The Morgan fingerprint density at radius 3 is 2.68 bits per heavy atom. The fourth-order valence-electron chi connectivity index (χ4n) is 2.43. The molecule has 106 valence electrons. The third kappa shape index (κ3) is 3.66. The highest BCUT2D eigenvalue weighted by molar-refractivity contribution is 9.10. The van der Waals surface area contributed by atoms with Gasteiger partial charge in [-0.25, -0.2) is 0 Å². The highest BCUT2D eigenvalue weighted by Crippen LogP contribution is 2.36. The fourth-order valence-corrected chi connectivity index (χ4v) is 3.29. The molecule has 1 fully saturated rings. The summed E-state index contributed by atoms with van der Waals surface area (Å²) >= 11 is 6.78. The number of alkyl halides is 4. The van der Waals surface area contributed by atoms with E-state index in [-0.39, 0.29) is 13.0 Å². The second-order valence-electron chi connectivity index (χ2n) is 4.73. The number of hydrogen-bond acceptors (Lipinski definition) is 1. The first-order chi connectivity index (χ1) is 8.91. The molecular formula is C13H14Br2F3N. The third-order valence-corrected chi connectivity index (χ3v) is 4.51. The van der Waals surface area contributed by atoms with Gasteiger partial charge in [-0.3, -0.25) is 0 Å². The van der Waals surface area contributed by atoms with Crippen molar-refractivity contribution >= 4 is 37.5 Å². The number of piperidine rings is 1. The molecule has 1 saturated heterocycles. The summed E-state index contributed by atoms with van der Waals surface area (Å²) < 4.78 is 39.4. The predicted molar refractivity (Wildman–Crippen MR) is 77.8 cm³/mol. The standard InChI is InChI=1S/C13H14Br2F3N/c14-7-9-6-11(15)3-4-12(9)19-5-1-2-10(8-19)13(16,17)18/h3-4,6,10H,1-2,5,7-8H2. The molecule has 1 unspecified atom stereocenters. The van der Waals surface area contributed by atoms with E-state index in [1.807, 2.05) is 23.1 Å². The average Bonchev–Trinajstić information content (AvgIpc) is 2.37. The summed E-state index contributed by atoms with van der Waals surface area (Å²) in [7, 11) is 0. The van der Waals surface area contributed by atoms with E-state index in [4.69, 9.17) is 0 Å². The van der Waals surface area contributed by atoms with Crippen molar-refractivity contribution in [2.45, 2.75) is 24.3 Å². The Kier molecular flexibility index (Phi) is 4.82.